The molecular formula is C23H23F3N4O. The number of hydrogen-bond donors (Lipinski definition) is 1. The van der Waals surface area contributed by atoms with Crippen LogP contribution < -0.4 is 5.32 Å². The number of rotatable bonds is 4. The average Bonchev–Trinajstić information content (AvgIpc) is 3.48. The first-order chi connectivity index (χ1) is 14.8. The van der Waals surface area contributed by atoms with Gasteiger partial charge >= 0.3 is 6.18 Å². The van der Waals surface area contributed by atoms with Gasteiger partial charge in [0.05, 0.1) is 11.9 Å². The van der Waals surface area contributed by atoms with Crippen molar-refractivity contribution in [2.45, 2.75) is 44.8 Å². The Bertz CT molecular complexity index is 1130. The van der Waals surface area contributed by atoms with Gasteiger partial charge in [-0.1, -0.05) is 36.8 Å². The second-order valence-corrected chi connectivity index (χ2v) is 8.78. The van der Waals surface area contributed by atoms with Gasteiger partial charge in [0, 0.05) is 11.6 Å². The molecule has 0 unspecified atom stereocenters. The molecule has 3 aromatic rings. The Hall–Kier alpha value is -2.90. The maximum Gasteiger partial charge on any atom is 0.433 e. The van der Waals surface area contributed by atoms with Crippen molar-refractivity contribution in [3.8, 4) is 11.3 Å². The normalized spacial score (nSPS) is 23.9. The van der Waals surface area contributed by atoms with E-state index in [-0.39, 0.29) is 22.9 Å². The van der Waals surface area contributed by atoms with E-state index in [2.05, 4.69) is 15.4 Å². The summed E-state index contributed by atoms with van der Waals surface area (Å²) in [4.78, 5) is 17.4. The zero-order chi connectivity index (χ0) is 21.8. The molecule has 0 spiro atoms. The van der Waals surface area contributed by atoms with Crippen LogP contribution >= 0.6 is 0 Å². The number of hydrogen-bond acceptors (Lipinski definition) is 3. The highest BCUT2D eigenvalue weighted by Crippen LogP contribution is 2.49. The molecule has 2 bridgehead atoms. The van der Waals surface area contributed by atoms with Gasteiger partial charge in [-0.05, 0) is 50.0 Å². The van der Waals surface area contributed by atoms with Gasteiger partial charge in [0.1, 0.15) is 5.56 Å². The summed E-state index contributed by atoms with van der Waals surface area (Å²) in [5.41, 5.74) is -0.310. The number of carbonyl (C=O) groups excluding carboxylic acids is 1. The molecule has 0 saturated heterocycles. The van der Waals surface area contributed by atoms with E-state index in [0.29, 0.717) is 21.9 Å². The third-order valence-corrected chi connectivity index (χ3v) is 6.87. The summed E-state index contributed by atoms with van der Waals surface area (Å²) in [5.74, 6) is 1.36. The lowest BCUT2D eigenvalue weighted by atomic mass is 9.84. The molecule has 1 amide bonds. The SMILES string of the molecule is C[C@H](NC(=O)c1cnn2c(C(F)(F)F)cc(-c3ccccc3)nc12)[C@H]1C[C@H]2CC[C@H]1C2. The maximum atomic E-state index is 13.7. The van der Waals surface area contributed by atoms with E-state index in [0.717, 1.165) is 18.4 Å². The lowest BCUT2D eigenvalue weighted by Crippen LogP contribution is -2.40. The van der Waals surface area contributed by atoms with Gasteiger partial charge in [-0.3, -0.25) is 4.79 Å². The molecule has 31 heavy (non-hydrogen) atoms. The van der Waals surface area contributed by atoms with Crippen LogP contribution in [0.5, 0.6) is 0 Å². The number of alkyl halides is 3. The molecule has 5 rings (SSSR count). The molecule has 1 aromatic carbocycles. The van der Waals surface area contributed by atoms with Crippen LogP contribution in [0, 0.1) is 17.8 Å². The molecule has 2 heterocycles. The van der Waals surface area contributed by atoms with Crippen LogP contribution in [0.1, 0.15) is 48.7 Å². The molecule has 2 fully saturated rings. The Labute approximate surface area is 177 Å². The lowest BCUT2D eigenvalue weighted by molar-refractivity contribution is -0.142. The predicted octanol–water partition coefficient (Wildman–Crippen LogP) is 4.97. The molecule has 0 aliphatic heterocycles. The Balaban J connectivity index is 1.51. The van der Waals surface area contributed by atoms with Gasteiger partial charge in [-0.2, -0.15) is 18.3 Å². The molecule has 4 atom stereocenters. The predicted molar refractivity (Wildman–Crippen MR) is 109 cm³/mol. The third-order valence-electron chi connectivity index (χ3n) is 6.87. The molecule has 2 aliphatic rings. The van der Waals surface area contributed by atoms with Gasteiger partial charge in [0.25, 0.3) is 5.91 Å². The highest BCUT2D eigenvalue weighted by atomic mass is 19.4. The number of benzene rings is 1. The first kappa shape index (κ1) is 20.0. The van der Waals surface area contributed by atoms with Gasteiger partial charge in [0.15, 0.2) is 11.3 Å². The van der Waals surface area contributed by atoms with Crippen LogP contribution in [-0.4, -0.2) is 26.5 Å². The highest BCUT2D eigenvalue weighted by Gasteiger charge is 2.42. The molecular weight excluding hydrogens is 405 g/mol. The summed E-state index contributed by atoms with van der Waals surface area (Å²) in [6, 6.07) is 9.54. The summed E-state index contributed by atoms with van der Waals surface area (Å²) in [6.45, 7) is 1.99. The number of nitrogens with one attached hydrogen (secondary N) is 1. The van der Waals surface area contributed by atoms with E-state index < -0.39 is 17.8 Å². The van der Waals surface area contributed by atoms with Crippen molar-refractivity contribution >= 4 is 11.6 Å². The fourth-order valence-electron chi connectivity index (χ4n) is 5.38. The number of nitrogens with zero attached hydrogens (tertiary/aromatic N) is 3. The summed E-state index contributed by atoms with van der Waals surface area (Å²) in [5, 5.41) is 6.86. The number of amides is 1. The zero-order valence-corrected chi connectivity index (χ0v) is 17.1. The summed E-state index contributed by atoms with van der Waals surface area (Å²) < 4.78 is 41.9. The van der Waals surface area contributed by atoms with Crippen LogP contribution in [0.15, 0.2) is 42.6 Å². The summed E-state index contributed by atoms with van der Waals surface area (Å²) in [6.07, 6.45) is 1.33. The quantitative estimate of drug-likeness (QED) is 0.638. The standard InChI is InChI=1S/C23H23F3N4O/c1-13(17-10-14-7-8-16(17)9-14)28-22(31)18-12-27-30-20(23(24,25)26)11-19(29-21(18)30)15-5-3-2-4-6-15/h2-6,11-14,16-17H,7-10H2,1H3,(H,28,31)/t13-,14-,16-,17+/m0/s1. The van der Waals surface area contributed by atoms with Gasteiger partial charge < -0.3 is 5.32 Å². The average molecular weight is 428 g/mol. The number of aromatic nitrogens is 3. The Morgan fingerprint density at radius 1 is 1.19 bits per heavy atom. The fourth-order valence-corrected chi connectivity index (χ4v) is 5.38. The molecule has 5 nitrogen and oxygen atoms in total. The fraction of sp³-hybridized carbons (Fsp3) is 0.435. The Kier molecular flexibility index (Phi) is 4.75. The second-order valence-electron chi connectivity index (χ2n) is 8.78. The maximum absolute atomic E-state index is 13.7. The number of fused-ring (bicyclic) bond motifs is 3. The Morgan fingerprint density at radius 2 is 1.97 bits per heavy atom. The highest BCUT2D eigenvalue weighted by molar-refractivity contribution is 6.00. The van der Waals surface area contributed by atoms with Gasteiger partial charge in [-0.25, -0.2) is 9.50 Å². The van der Waals surface area contributed by atoms with Crippen molar-refractivity contribution in [3.05, 3.63) is 53.9 Å². The first-order valence-corrected chi connectivity index (χ1v) is 10.6. The molecule has 0 radical (unpaired) electrons. The minimum absolute atomic E-state index is 0.0443. The van der Waals surface area contributed by atoms with Crippen molar-refractivity contribution in [3.63, 3.8) is 0 Å². The van der Waals surface area contributed by atoms with E-state index in [1.54, 1.807) is 30.3 Å². The molecule has 2 aliphatic carbocycles. The molecule has 2 saturated carbocycles. The number of halogens is 3. The van der Waals surface area contributed by atoms with Crippen LogP contribution in [0.4, 0.5) is 13.2 Å². The topological polar surface area (TPSA) is 59.3 Å². The van der Waals surface area contributed by atoms with Crippen molar-refractivity contribution in [2.24, 2.45) is 17.8 Å². The summed E-state index contributed by atoms with van der Waals surface area (Å²) in [7, 11) is 0. The van der Waals surface area contributed by atoms with Gasteiger partial charge in [-0.15, -0.1) is 0 Å². The largest absolute Gasteiger partial charge is 0.433 e. The molecule has 162 valence electrons. The Morgan fingerprint density at radius 3 is 2.61 bits per heavy atom. The second kappa shape index (κ2) is 7.35. The van der Waals surface area contributed by atoms with E-state index in [1.807, 2.05) is 6.92 Å². The van der Waals surface area contributed by atoms with Crippen LogP contribution in [0.3, 0.4) is 0 Å². The van der Waals surface area contributed by atoms with Crippen LogP contribution in [0.2, 0.25) is 0 Å². The van der Waals surface area contributed by atoms with Crippen molar-refractivity contribution < 1.29 is 18.0 Å². The van der Waals surface area contributed by atoms with Crippen molar-refractivity contribution in [1.82, 2.24) is 19.9 Å². The monoisotopic (exact) mass is 428 g/mol. The minimum atomic E-state index is -4.64. The van der Waals surface area contributed by atoms with Crippen LogP contribution in [0.25, 0.3) is 16.9 Å². The first-order valence-electron chi connectivity index (χ1n) is 10.6. The molecule has 1 N–H and O–H groups in total. The molecule has 8 heteroatoms. The lowest BCUT2D eigenvalue weighted by Gasteiger charge is -2.28. The van der Waals surface area contributed by atoms with E-state index in [4.69, 9.17) is 0 Å². The van der Waals surface area contributed by atoms with Crippen molar-refractivity contribution in [2.75, 3.05) is 0 Å². The van der Waals surface area contributed by atoms with E-state index in [1.165, 1.54) is 25.5 Å². The van der Waals surface area contributed by atoms with Crippen molar-refractivity contribution in [1.29, 1.82) is 0 Å². The number of carbonyl (C=O) groups is 1. The van der Waals surface area contributed by atoms with E-state index in [9.17, 15) is 18.0 Å². The third kappa shape index (κ3) is 3.58. The minimum Gasteiger partial charge on any atom is -0.349 e. The zero-order valence-electron chi connectivity index (χ0n) is 17.1. The smallest absolute Gasteiger partial charge is 0.349 e. The molecule has 2 aromatic heterocycles. The van der Waals surface area contributed by atoms with Gasteiger partial charge in [0.2, 0.25) is 0 Å². The summed E-state index contributed by atoms with van der Waals surface area (Å²) >= 11 is 0. The van der Waals surface area contributed by atoms with Crippen LogP contribution in [-0.2, 0) is 6.18 Å². The van der Waals surface area contributed by atoms with E-state index >= 15 is 0 Å².